The smallest absolute Gasteiger partial charge is 0.327 e. The molecule has 11 heteroatoms. The number of aromatic nitrogens is 4. The van der Waals surface area contributed by atoms with Crippen molar-refractivity contribution in [2.45, 2.75) is 40.2 Å². The van der Waals surface area contributed by atoms with Crippen molar-refractivity contribution in [3.8, 4) is 11.5 Å². The Morgan fingerprint density at radius 3 is 2.59 bits per heavy atom. The molecular formula is C23H27FN7O3+. The second-order valence-electron chi connectivity index (χ2n) is 8.18. The molecule has 0 saturated heterocycles. The lowest BCUT2D eigenvalue weighted by Gasteiger charge is -2.27. The maximum Gasteiger partial charge on any atom is 0.431 e. The Balaban J connectivity index is 1.58. The van der Waals surface area contributed by atoms with Crippen molar-refractivity contribution in [3.63, 3.8) is 0 Å². The van der Waals surface area contributed by atoms with Crippen molar-refractivity contribution < 1.29 is 23.7 Å². The summed E-state index contributed by atoms with van der Waals surface area (Å²) in [4.78, 5) is 47.7. The molecule has 1 aliphatic heterocycles. The van der Waals surface area contributed by atoms with E-state index in [-0.39, 0.29) is 40.8 Å². The van der Waals surface area contributed by atoms with Crippen LogP contribution in [-0.4, -0.2) is 50.7 Å². The average Bonchev–Trinajstić information content (AvgIpc) is 3.40. The van der Waals surface area contributed by atoms with Crippen molar-refractivity contribution in [1.29, 1.82) is 0 Å². The summed E-state index contributed by atoms with van der Waals surface area (Å²) in [5.41, 5.74) is 1.93. The summed E-state index contributed by atoms with van der Waals surface area (Å²) in [6.45, 7) is 6.48. The molecule has 1 aromatic carbocycles. The summed E-state index contributed by atoms with van der Waals surface area (Å²) >= 11 is 0. The third-order valence-electron chi connectivity index (χ3n) is 5.54. The lowest BCUT2D eigenvalue weighted by Crippen LogP contribution is -3.19. The number of halogens is 1. The van der Waals surface area contributed by atoms with Gasteiger partial charge in [0.1, 0.15) is 18.1 Å². The van der Waals surface area contributed by atoms with Crippen molar-refractivity contribution in [3.05, 3.63) is 47.5 Å². The van der Waals surface area contributed by atoms with Gasteiger partial charge in [-0.2, -0.15) is 10.00 Å². The zero-order valence-electron chi connectivity index (χ0n) is 19.3. The van der Waals surface area contributed by atoms with E-state index in [0.29, 0.717) is 48.2 Å². The van der Waals surface area contributed by atoms with Crippen LogP contribution in [0.3, 0.4) is 0 Å². The number of urea groups is 1. The Morgan fingerprint density at radius 2 is 1.91 bits per heavy atom. The van der Waals surface area contributed by atoms with Gasteiger partial charge in [-0.1, -0.05) is 13.8 Å². The molecule has 0 saturated carbocycles. The van der Waals surface area contributed by atoms with E-state index < -0.39 is 0 Å². The number of anilines is 2. The molecule has 10 nitrogen and oxygen atoms in total. The molecule has 0 fully saturated rings. The van der Waals surface area contributed by atoms with Gasteiger partial charge in [0.2, 0.25) is 5.91 Å². The van der Waals surface area contributed by atoms with Crippen LogP contribution in [-0.2, 0) is 11.3 Å². The monoisotopic (exact) mass is 468 g/mol. The highest BCUT2D eigenvalue weighted by atomic mass is 19.1. The van der Waals surface area contributed by atoms with E-state index in [1.54, 1.807) is 17.9 Å². The van der Waals surface area contributed by atoms with Gasteiger partial charge in [0.05, 0.1) is 6.54 Å². The number of carbonyl (C=O) groups is 3. The molecule has 0 bridgehead atoms. The standard InChI is InChI=1S/C23H26FN7O3/c1-4-10-29-21-19(22(33)30(11-5-2)23(29)34)26-20(27-21)17-12-14(3)31(28-17)13-18(32)25-16-8-6-15(24)7-9-16/h6-9,12H,4-5,10-11,13H2,1-3H3,(H,25,32)(H,26,27)/p+1. The predicted octanol–water partition coefficient (Wildman–Crippen LogP) is 2.14. The lowest BCUT2D eigenvalue weighted by molar-refractivity contribution is -0.724. The van der Waals surface area contributed by atoms with Crippen LogP contribution in [0.4, 0.5) is 20.7 Å². The highest BCUT2D eigenvalue weighted by Gasteiger charge is 2.44. The highest BCUT2D eigenvalue weighted by molar-refractivity contribution is 6.06. The number of nitrogens with zero attached hydrogens (tertiary/aromatic N) is 4. The minimum absolute atomic E-state index is 0.0581. The van der Waals surface area contributed by atoms with Crippen LogP contribution in [0.15, 0.2) is 30.3 Å². The first-order valence-electron chi connectivity index (χ1n) is 11.2. The molecule has 0 aliphatic carbocycles. The largest absolute Gasteiger partial charge is 0.431 e. The molecule has 3 aromatic rings. The number of H-pyrrole nitrogens is 1. The Labute approximate surface area is 195 Å². The normalized spacial score (nSPS) is 15.5. The number of aryl methyl sites for hydroxylation is 1. The van der Waals surface area contributed by atoms with E-state index in [0.717, 1.165) is 6.42 Å². The number of benzene rings is 1. The minimum atomic E-state index is -0.385. The summed E-state index contributed by atoms with van der Waals surface area (Å²) < 4.78 is 14.6. The van der Waals surface area contributed by atoms with Gasteiger partial charge in [-0.3, -0.25) is 9.48 Å². The number of hydrogen-bond donors (Lipinski definition) is 3. The van der Waals surface area contributed by atoms with Crippen LogP contribution in [0.2, 0.25) is 0 Å². The van der Waals surface area contributed by atoms with Gasteiger partial charge in [0.15, 0.2) is 17.3 Å². The fraction of sp³-hybridized carbons (Fsp3) is 0.348. The first-order valence-corrected chi connectivity index (χ1v) is 11.2. The van der Waals surface area contributed by atoms with Gasteiger partial charge >= 0.3 is 11.9 Å². The first kappa shape index (κ1) is 23.3. The number of amides is 4. The minimum Gasteiger partial charge on any atom is -0.327 e. The second kappa shape index (κ2) is 9.56. The van der Waals surface area contributed by atoms with Crippen molar-refractivity contribution in [2.24, 2.45) is 0 Å². The molecule has 4 rings (SSSR count). The van der Waals surface area contributed by atoms with Crippen LogP contribution >= 0.6 is 0 Å². The number of hydrogen-bond acceptors (Lipinski definition) is 5. The summed E-state index contributed by atoms with van der Waals surface area (Å²) in [5, 5.41) is 7.17. The quantitative estimate of drug-likeness (QED) is 0.468. The number of aromatic amines is 1. The zero-order chi connectivity index (χ0) is 24.4. The van der Waals surface area contributed by atoms with Crippen LogP contribution in [0.5, 0.6) is 0 Å². The average molecular weight is 469 g/mol. The van der Waals surface area contributed by atoms with E-state index in [2.05, 4.69) is 20.4 Å². The number of carbonyl (C=O) groups excluding carboxylic acids is 3. The van der Waals surface area contributed by atoms with Gasteiger partial charge in [-0.25, -0.2) is 23.9 Å². The van der Waals surface area contributed by atoms with Crippen molar-refractivity contribution in [1.82, 2.24) is 19.7 Å². The predicted molar refractivity (Wildman–Crippen MR) is 123 cm³/mol. The second-order valence-corrected chi connectivity index (χ2v) is 8.18. The fourth-order valence-electron chi connectivity index (χ4n) is 3.90. The molecule has 1 aliphatic rings. The summed E-state index contributed by atoms with van der Waals surface area (Å²) in [7, 11) is 0. The Kier molecular flexibility index (Phi) is 6.55. The topological polar surface area (TPSA) is 117 Å². The number of fused-ring (bicyclic) bond motifs is 1. The number of imidazole rings is 1. The number of rotatable bonds is 8. The van der Waals surface area contributed by atoms with Crippen LogP contribution < -0.4 is 15.1 Å². The summed E-state index contributed by atoms with van der Waals surface area (Å²) in [6.07, 6.45) is 1.41. The molecule has 34 heavy (non-hydrogen) atoms. The number of nitrogens with one attached hydrogen (secondary N) is 3. The van der Waals surface area contributed by atoms with E-state index in [9.17, 15) is 18.8 Å². The SMILES string of the molecule is CCCN1C(=O)[NH+](CCC)C(=O)c2[nH]c(-c3cc(C)n(CC(=O)Nc4ccc(F)cc4)n3)nc21. The van der Waals surface area contributed by atoms with E-state index in [1.807, 2.05) is 13.8 Å². The van der Waals surface area contributed by atoms with E-state index in [4.69, 9.17) is 0 Å². The molecule has 4 amide bonds. The van der Waals surface area contributed by atoms with Gasteiger partial charge in [-0.15, -0.1) is 0 Å². The molecule has 178 valence electrons. The molecule has 0 radical (unpaired) electrons. The Bertz CT molecular complexity index is 1230. The lowest BCUT2D eigenvalue weighted by atomic mass is 10.2. The zero-order valence-corrected chi connectivity index (χ0v) is 19.3. The molecule has 3 heterocycles. The molecule has 1 unspecified atom stereocenters. The summed E-state index contributed by atoms with van der Waals surface area (Å²) in [5.74, 6) is -0.373. The van der Waals surface area contributed by atoms with Crippen molar-refractivity contribution >= 4 is 29.4 Å². The van der Waals surface area contributed by atoms with Gasteiger partial charge in [0, 0.05) is 17.9 Å². The molecular weight excluding hydrogens is 441 g/mol. The van der Waals surface area contributed by atoms with E-state index in [1.165, 1.54) is 28.9 Å². The Hall–Kier alpha value is -3.86. The van der Waals surface area contributed by atoms with Crippen LogP contribution in [0.25, 0.3) is 11.5 Å². The fourth-order valence-corrected chi connectivity index (χ4v) is 3.90. The highest BCUT2D eigenvalue weighted by Crippen LogP contribution is 2.26. The van der Waals surface area contributed by atoms with Crippen LogP contribution in [0.1, 0.15) is 42.9 Å². The third kappa shape index (κ3) is 4.46. The van der Waals surface area contributed by atoms with Gasteiger partial charge < -0.3 is 10.3 Å². The van der Waals surface area contributed by atoms with Crippen LogP contribution in [0, 0.1) is 12.7 Å². The molecule has 1 atom stereocenters. The number of quaternary nitrogens is 1. The molecule has 3 N–H and O–H groups in total. The molecule has 0 spiro atoms. The Morgan fingerprint density at radius 1 is 1.18 bits per heavy atom. The van der Waals surface area contributed by atoms with Gasteiger partial charge in [0.25, 0.3) is 0 Å². The molecule has 2 aromatic heterocycles. The first-order chi connectivity index (χ1) is 16.3. The van der Waals surface area contributed by atoms with E-state index >= 15 is 0 Å². The maximum absolute atomic E-state index is 13.1. The van der Waals surface area contributed by atoms with Gasteiger partial charge in [-0.05, 0) is 50.1 Å². The third-order valence-corrected chi connectivity index (χ3v) is 5.54. The summed E-state index contributed by atoms with van der Waals surface area (Å²) in [6, 6.07) is 6.95. The number of imide groups is 1. The maximum atomic E-state index is 13.1. The van der Waals surface area contributed by atoms with Crippen molar-refractivity contribution in [2.75, 3.05) is 23.3 Å².